The molecule has 1 aromatic heterocycles. The van der Waals surface area contributed by atoms with E-state index in [4.69, 9.17) is 9.47 Å². The first-order valence-electron chi connectivity index (χ1n) is 14.9. The number of benzene rings is 3. The summed E-state index contributed by atoms with van der Waals surface area (Å²) in [4.78, 5) is 1.26. The number of nitrogens with zero attached hydrogens (tertiary/aromatic N) is 3. The predicted molar refractivity (Wildman–Crippen MR) is 188 cm³/mol. The summed E-state index contributed by atoms with van der Waals surface area (Å²) in [6.45, 7) is 7.14. The van der Waals surface area contributed by atoms with Gasteiger partial charge in [0.2, 0.25) is 0 Å². The Morgan fingerprint density at radius 2 is 1.76 bits per heavy atom. The molecule has 0 saturated carbocycles. The smallest absolute Gasteiger partial charge is 0.150 e. The van der Waals surface area contributed by atoms with E-state index in [2.05, 4.69) is 83.6 Å². The highest BCUT2D eigenvalue weighted by atomic mass is 32.2. The van der Waals surface area contributed by atoms with E-state index >= 15 is 0 Å². The molecule has 0 amide bonds. The van der Waals surface area contributed by atoms with E-state index in [1.807, 2.05) is 25.1 Å². The van der Waals surface area contributed by atoms with E-state index in [9.17, 15) is 8.42 Å². The van der Waals surface area contributed by atoms with Crippen LogP contribution in [0.15, 0.2) is 76.1 Å². The van der Waals surface area contributed by atoms with Crippen molar-refractivity contribution in [3.05, 3.63) is 82.2 Å². The highest BCUT2D eigenvalue weighted by molar-refractivity contribution is 7.91. The lowest BCUT2D eigenvalue weighted by Gasteiger charge is -2.23. The van der Waals surface area contributed by atoms with Crippen molar-refractivity contribution in [2.75, 3.05) is 18.1 Å². The van der Waals surface area contributed by atoms with Gasteiger partial charge in [0.25, 0.3) is 0 Å². The van der Waals surface area contributed by atoms with Crippen molar-refractivity contribution in [1.29, 1.82) is 0 Å². The maximum Gasteiger partial charge on any atom is 0.150 e. The van der Waals surface area contributed by atoms with Gasteiger partial charge in [-0.25, -0.2) is 8.42 Å². The summed E-state index contributed by atoms with van der Waals surface area (Å²) in [7, 11) is -2.91. The Labute approximate surface area is 276 Å². The van der Waals surface area contributed by atoms with Crippen LogP contribution in [-0.4, -0.2) is 38.3 Å². The number of hydrogen-bond acceptors (Lipinski definition) is 8. The Morgan fingerprint density at radius 3 is 2.44 bits per heavy atom. The van der Waals surface area contributed by atoms with Crippen molar-refractivity contribution in [3.8, 4) is 34.5 Å². The van der Waals surface area contributed by atoms with Gasteiger partial charge in [-0.3, -0.25) is 0 Å². The standard InChI is InChI=1S/C35H35N3O4S2.H2S/c1-4-5-27(20-28-21-36-38-37-28)26-7-9-29(10-8-26)41-22-25-6-13-34-33(19-25)35(24(3)43-34)32-12-11-31(18-23(32)2)42-30-14-16-44(39,40)17-15-30;/h6-13,18-19,27,30H,14-17,20-22H2,1-3H3;1H2/t27-;/m0./s1. The summed E-state index contributed by atoms with van der Waals surface area (Å²) in [5.41, 5.74) is 6.72. The maximum atomic E-state index is 11.8. The van der Waals surface area contributed by atoms with Crippen LogP contribution in [0, 0.1) is 25.7 Å². The van der Waals surface area contributed by atoms with Gasteiger partial charge in [0.05, 0.1) is 23.1 Å². The third-order valence-corrected chi connectivity index (χ3v) is 11.0. The lowest BCUT2D eigenvalue weighted by atomic mass is 9.94. The molecular formula is C35H37N3O4S3. The summed E-state index contributed by atoms with van der Waals surface area (Å²) < 4.78 is 37.2. The number of hydrogen-bond donors (Lipinski definition) is 0. The van der Waals surface area contributed by atoms with Gasteiger partial charge in [0.15, 0.2) is 9.84 Å². The number of fused-ring (bicyclic) bond motifs is 1. The van der Waals surface area contributed by atoms with Gasteiger partial charge in [-0.05, 0) is 97.5 Å². The molecule has 3 aromatic carbocycles. The van der Waals surface area contributed by atoms with Crippen LogP contribution < -0.4 is 9.47 Å². The van der Waals surface area contributed by atoms with E-state index in [0.29, 0.717) is 26.0 Å². The van der Waals surface area contributed by atoms with E-state index in [1.165, 1.54) is 26.1 Å². The van der Waals surface area contributed by atoms with Crippen molar-refractivity contribution in [1.82, 2.24) is 0 Å². The SMILES string of the molecule is CC#C[C@@H](CC1=NN=NC1)c1ccc(OCc2ccc3sc(C)c(-c4ccc(OC5CCS(=O)(=O)CC5)cc4C)c3c2)cc1.S. The summed E-state index contributed by atoms with van der Waals surface area (Å²) in [5, 5.41) is 13.0. The Morgan fingerprint density at radius 1 is 1.00 bits per heavy atom. The third-order valence-electron chi connectivity index (χ3n) is 8.15. The molecule has 3 heterocycles. The molecule has 45 heavy (non-hydrogen) atoms. The van der Waals surface area contributed by atoms with Crippen molar-refractivity contribution in [2.45, 2.75) is 58.7 Å². The van der Waals surface area contributed by atoms with Crippen LogP contribution in [0.25, 0.3) is 21.2 Å². The largest absolute Gasteiger partial charge is 0.490 e. The number of ether oxygens (including phenoxy) is 2. The first kappa shape index (κ1) is 32.7. The lowest BCUT2D eigenvalue weighted by molar-refractivity contribution is 0.189. The van der Waals surface area contributed by atoms with Crippen LogP contribution in [0.2, 0.25) is 0 Å². The monoisotopic (exact) mass is 659 g/mol. The molecule has 234 valence electrons. The Hall–Kier alpha value is -3.65. The minimum absolute atomic E-state index is 0. The van der Waals surface area contributed by atoms with E-state index < -0.39 is 9.84 Å². The second-order valence-corrected chi connectivity index (χ2v) is 14.9. The highest BCUT2D eigenvalue weighted by Gasteiger charge is 2.25. The Balaban J connectivity index is 0.00000400. The Bertz CT molecular complexity index is 1910. The summed E-state index contributed by atoms with van der Waals surface area (Å²) >= 11 is 1.80. The minimum Gasteiger partial charge on any atom is -0.490 e. The van der Waals surface area contributed by atoms with Crippen molar-refractivity contribution in [2.24, 2.45) is 15.4 Å². The molecule has 0 spiro atoms. The first-order valence-corrected chi connectivity index (χ1v) is 17.5. The molecule has 0 aliphatic carbocycles. The van der Waals surface area contributed by atoms with Gasteiger partial charge in [0.1, 0.15) is 30.8 Å². The zero-order valence-corrected chi connectivity index (χ0v) is 28.3. The van der Waals surface area contributed by atoms with Crippen LogP contribution in [0.5, 0.6) is 11.5 Å². The molecule has 1 atom stereocenters. The first-order chi connectivity index (χ1) is 21.3. The molecule has 10 heteroatoms. The number of sulfone groups is 1. The van der Waals surface area contributed by atoms with E-state index in [1.54, 1.807) is 11.3 Å². The second kappa shape index (κ2) is 14.2. The summed E-state index contributed by atoms with van der Waals surface area (Å²) in [5.74, 6) is 8.38. The number of thiophene rings is 1. The lowest BCUT2D eigenvalue weighted by Crippen LogP contribution is -2.30. The fourth-order valence-electron chi connectivity index (χ4n) is 5.83. The Kier molecular flexibility index (Phi) is 10.3. The third kappa shape index (κ3) is 7.78. The van der Waals surface area contributed by atoms with Crippen LogP contribution in [-0.2, 0) is 16.4 Å². The van der Waals surface area contributed by atoms with Gasteiger partial charge in [-0.2, -0.15) is 18.6 Å². The van der Waals surface area contributed by atoms with Crippen LogP contribution in [0.4, 0.5) is 0 Å². The summed E-state index contributed by atoms with van der Waals surface area (Å²) in [6, 6.07) is 20.9. The molecule has 7 nitrogen and oxygen atoms in total. The molecule has 1 fully saturated rings. The van der Waals surface area contributed by atoms with Gasteiger partial charge in [0, 0.05) is 26.9 Å². The number of aryl methyl sites for hydroxylation is 2. The average molecular weight is 660 g/mol. The molecule has 1 saturated heterocycles. The normalized spacial score (nSPS) is 16.4. The molecule has 4 aromatic rings. The van der Waals surface area contributed by atoms with Gasteiger partial charge in [-0.15, -0.1) is 22.4 Å². The molecule has 0 bridgehead atoms. The minimum atomic E-state index is -2.91. The molecule has 0 N–H and O–H groups in total. The van der Waals surface area contributed by atoms with Crippen molar-refractivity contribution < 1.29 is 17.9 Å². The van der Waals surface area contributed by atoms with Crippen LogP contribution in [0.3, 0.4) is 0 Å². The van der Waals surface area contributed by atoms with Crippen molar-refractivity contribution in [3.63, 3.8) is 0 Å². The average Bonchev–Trinajstić information content (AvgIpc) is 3.64. The summed E-state index contributed by atoms with van der Waals surface area (Å²) in [6.07, 6.45) is 1.75. The fourth-order valence-corrected chi connectivity index (χ4v) is 8.34. The van der Waals surface area contributed by atoms with Crippen LogP contribution >= 0.6 is 24.8 Å². The quantitative estimate of drug-likeness (QED) is 0.170. The molecule has 2 aliphatic rings. The zero-order chi connectivity index (χ0) is 30.7. The topological polar surface area (TPSA) is 89.7 Å². The van der Waals surface area contributed by atoms with Crippen molar-refractivity contribution >= 4 is 50.5 Å². The number of rotatable bonds is 9. The van der Waals surface area contributed by atoms with Gasteiger partial charge in [-0.1, -0.05) is 30.2 Å². The van der Waals surface area contributed by atoms with Gasteiger partial charge >= 0.3 is 0 Å². The zero-order valence-electron chi connectivity index (χ0n) is 25.7. The second-order valence-electron chi connectivity index (χ2n) is 11.4. The highest BCUT2D eigenvalue weighted by Crippen LogP contribution is 2.41. The molecule has 0 radical (unpaired) electrons. The predicted octanol–water partition coefficient (Wildman–Crippen LogP) is 8.15. The van der Waals surface area contributed by atoms with E-state index in [-0.39, 0.29) is 37.0 Å². The molecule has 6 rings (SSSR count). The molecule has 2 aliphatic heterocycles. The molecule has 0 unspecified atom stereocenters. The molecular weight excluding hydrogens is 623 g/mol. The fraction of sp³-hybridized carbons (Fsp3) is 0.343. The van der Waals surface area contributed by atoms with Crippen LogP contribution in [0.1, 0.15) is 53.7 Å². The maximum absolute atomic E-state index is 11.8. The van der Waals surface area contributed by atoms with E-state index in [0.717, 1.165) is 40.3 Å². The van der Waals surface area contributed by atoms with Gasteiger partial charge < -0.3 is 9.47 Å².